The molecule has 0 aliphatic heterocycles. The molecule has 0 bridgehead atoms. The lowest BCUT2D eigenvalue weighted by molar-refractivity contribution is 0.508. The molecule has 1 aromatic heterocycles. The number of hydrogen-bond donors (Lipinski definition) is 2. The predicted octanol–water partition coefficient (Wildman–Crippen LogP) is 3.78. The van der Waals surface area contributed by atoms with Crippen LogP contribution in [0.25, 0.3) is 10.9 Å². The van der Waals surface area contributed by atoms with E-state index < -0.39 is 0 Å². The lowest BCUT2D eigenvalue weighted by Crippen LogP contribution is -2.23. The summed E-state index contributed by atoms with van der Waals surface area (Å²) in [5.74, 6) is 0.673. The normalized spacial score (nSPS) is 12.5. The van der Waals surface area contributed by atoms with E-state index in [0.29, 0.717) is 17.8 Å². The van der Waals surface area contributed by atoms with Crippen molar-refractivity contribution in [2.75, 3.05) is 0 Å². The van der Waals surface area contributed by atoms with Crippen LogP contribution in [0.1, 0.15) is 41.9 Å². The van der Waals surface area contributed by atoms with Crippen LogP contribution in [0, 0.1) is 13.8 Å². The van der Waals surface area contributed by atoms with Gasteiger partial charge in [0.1, 0.15) is 5.82 Å². The Labute approximate surface area is 142 Å². The average molecular weight is 321 g/mol. The molecule has 3 rings (SSSR count). The summed E-state index contributed by atoms with van der Waals surface area (Å²) in [6, 6.07) is 14.5. The van der Waals surface area contributed by atoms with Gasteiger partial charge >= 0.3 is 0 Å². The highest BCUT2D eigenvalue weighted by molar-refractivity contribution is 5.80. The van der Waals surface area contributed by atoms with Crippen molar-refractivity contribution < 1.29 is 0 Å². The Balaban J connectivity index is 1.83. The molecular formula is C20H23N3O. The van der Waals surface area contributed by atoms with Crippen LogP contribution in [-0.2, 0) is 6.54 Å². The monoisotopic (exact) mass is 321 g/mol. The lowest BCUT2D eigenvalue weighted by Gasteiger charge is -2.17. The molecule has 0 unspecified atom stereocenters. The maximum atomic E-state index is 12.3. The van der Waals surface area contributed by atoms with Crippen molar-refractivity contribution in [1.82, 2.24) is 15.3 Å². The van der Waals surface area contributed by atoms with E-state index in [2.05, 4.69) is 53.4 Å². The van der Waals surface area contributed by atoms with Gasteiger partial charge in [-0.25, -0.2) is 4.98 Å². The number of para-hydroxylation sites is 1. The zero-order chi connectivity index (χ0) is 17.1. The Morgan fingerprint density at radius 3 is 2.58 bits per heavy atom. The van der Waals surface area contributed by atoms with Crippen LogP contribution in [0.4, 0.5) is 0 Å². The topological polar surface area (TPSA) is 57.8 Å². The number of aromatic amines is 1. The third kappa shape index (κ3) is 3.39. The second-order valence-corrected chi connectivity index (χ2v) is 6.24. The molecule has 124 valence electrons. The third-order valence-corrected chi connectivity index (χ3v) is 4.39. The first-order chi connectivity index (χ1) is 11.6. The molecule has 1 heterocycles. The maximum absolute atomic E-state index is 12.3. The van der Waals surface area contributed by atoms with E-state index in [9.17, 15) is 4.79 Å². The van der Waals surface area contributed by atoms with Gasteiger partial charge in [0, 0.05) is 6.04 Å². The average Bonchev–Trinajstić information content (AvgIpc) is 2.58. The standard InChI is InChI=1S/C20H23N3O/c1-4-17(15-10-8-13(2)9-11-15)21-12-18-22-19-14(3)6-5-7-16(19)20(24)23-18/h5-11,17,21H,4,12H2,1-3H3,(H,22,23,24)/t17-/m1/s1. The van der Waals surface area contributed by atoms with E-state index in [-0.39, 0.29) is 11.6 Å². The van der Waals surface area contributed by atoms with Crippen LogP contribution >= 0.6 is 0 Å². The fourth-order valence-corrected chi connectivity index (χ4v) is 2.95. The zero-order valence-electron chi connectivity index (χ0n) is 14.4. The summed E-state index contributed by atoms with van der Waals surface area (Å²) in [7, 11) is 0. The highest BCUT2D eigenvalue weighted by Gasteiger charge is 2.10. The Bertz CT molecular complexity index is 897. The van der Waals surface area contributed by atoms with Crippen molar-refractivity contribution >= 4 is 10.9 Å². The number of rotatable bonds is 5. The minimum Gasteiger partial charge on any atom is -0.309 e. The van der Waals surface area contributed by atoms with Crippen LogP contribution in [0.2, 0.25) is 0 Å². The summed E-state index contributed by atoms with van der Waals surface area (Å²) >= 11 is 0. The zero-order valence-corrected chi connectivity index (χ0v) is 14.4. The van der Waals surface area contributed by atoms with Gasteiger partial charge in [-0.3, -0.25) is 4.79 Å². The van der Waals surface area contributed by atoms with Gasteiger partial charge in [-0.15, -0.1) is 0 Å². The number of hydrogen-bond acceptors (Lipinski definition) is 3. The van der Waals surface area contributed by atoms with E-state index in [1.54, 1.807) is 0 Å². The van der Waals surface area contributed by atoms with E-state index >= 15 is 0 Å². The Morgan fingerprint density at radius 2 is 1.88 bits per heavy atom. The van der Waals surface area contributed by atoms with Gasteiger partial charge in [-0.2, -0.15) is 0 Å². The van der Waals surface area contributed by atoms with Gasteiger partial charge < -0.3 is 10.3 Å². The molecule has 0 spiro atoms. The number of benzene rings is 2. The van der Waals surface area contributed by atoms with Crippen LogP contribution < -0.4 is 10.9 Å². The molecule has 0 fully saturated rings. The molecule has 2 aromatic carbocycles. The van der Waals surface area contributed by atoms with E-state index in [4.69, 9.17) is 0 Å². The molecule has 24 heavy (non-hydrogen) atoms. The van der Waals surface area contributed by atoms with Crippen molar-refractivity contribution in [3.05, 3.63) is 75.3 Å². The van der Waals surface area contributed by atoms with Crippen LogP contribution in [-0.4, -0.2) is 9.97 Å². The van der Waals surface area contributed by atoms with Crippen molar-refractivity contribution in [3.8, 4) is 0 Å². The summed E-state index contributed by atoms with van der Waals surface area (Å²) < 4.78 is 0. The first-order valence-electron chi connectivity index (χ1n) is 8.37. The van der Waals surface area contributed by atoms with Crippen LogP contribution in [0.3, 0.4) is 0 Å². The van der Waals surface area contributed by atoms with Crippen LogP contribution in [0.5, 0.6) is 0 Å². The van der Waals surface area contributed by atoms with Gasteiger partial charge in [0.25, 0.3) is 5.56 Å². The van der Waals surface area contributed by atoms with Gasteiger partial charge in [-0.1, -0.05) is 48.9 Å². The molecule has 0 saturated heterocycles. The molecule has 3 aromatic rings. The second-order valence-electron chi connectivity index (χ2n) is 6.24. The van der Waals surface area contributed by atoms with Crippen molar-refractivity contribution in [2.24, 2.45) is 0 Å². The SMILES string of the molecule is CC[C@@H](NCc1nc2c(C)cccc2c(=O)[nH]1)c1ccc(C)cc1. The van der Waals surface area contributed by atoms with Crippen molar-refractivity contribution in [1.29, 1.82) is 0 Å². The van der Waals surface area contributed by atoms with E-state index in [1.807, 2.05) is 25.1 Å². The summed E-state index contributed by atoms with van der Waals surface area (Å²) in [4.78, 5) is 19.8. The van der Waals surface area contributed by atoms with Crippen molar-refractivity contribution in [3.63, 3.8) is 0 Å². The minimum atomic E-state index is -0.0797. The molecule has 0 saturated carbocycles. The molecule has 0 radical (unpaired) electrons. The number of aromatic nitrogens is 2. The molecule has 0 aliphatic carbocycles. The summed E-state index contributed by atoms with van der Waals surface area (Å²) in [6.07, 6.45) is 0.972. The fourth-order valence-electron chi connectivity index (χ4n) is 2.95. The quantitative estimate of drug-likeness (QED) is 0.752. The summed E-state index contributed by atoms with van der Waals surface area (Å²) in [5, 5.41) is 4.14. The summed E-state index contributed by atoms with van der Waals surface area (Å²) in [5.41, 5.74) is 4.22. The van der Waals surface area contributed by atoms with Gasteiger partial charge in [-0.05, 0) is 37.5 Å². The number of nitrogens with zero attached hydrogens (tertiary/aromatic N) is 1. The van der Waals surface area contributed by atoms with Gasteiger partial charge in [0.05, 0.1) is 17.4 Å². The van der Waals surface area contributed by atoms with Gasteiger partial charge in [0.15, 0.2) is 0 Å². The highest BCUT2D eigenvalue weighted by Crippen LogP contribution is 2.18. The Hall–Kier alpha value is -2.46. The number of fused-ring (bicyclic) bond motifs is 1. The Kier molecular flexibility index (Phi) is 4.76. The number of nitrogens with one attached hydrogen (secondary N) is 2. The van der Waals surface area contributed by atoms with Crippen LogP contribution in [0.15, 0.2) is 47.3 Å². The first kappa shape index (κ1) is 16.4. The number of aryl methyl sites for hydroxylation is 2. The molecule has 2 N–H and O–H groups in total. The van der Waals surface area contributed by atoms with E-state index in [0.717, 1.165) is 17.5 Å². The first-order valence-corrected chi connectivity index (χ1v) is 8.37. The van der Waals surface area contributed by atoms with Gasteiger partial charge in [0.2, 0.25) is 0 Å². The minimum absolute atomic E-state index is 0.0797. The molecule has 0 aliphatic rings. The highest BCUT2D eigenvalue weighted by atomic mass is 16.1. The molecule has 0 amide bonds. The fraction of sp³-hybridized carbons (Fsp3) is 0.300. The maximum Gasteiger partial charge on any atom is 0.258 e. The lowest BCUT2D eigenvalue weighted by atomic mass is 10.0. The Morgan fingerprint density at radius 1 is 1.12 bits per heavy atom. The smallest absolute Gasteiger partial charge is 0.258 e. The molecule has 4 nitrogen and oxygen atoms in total. The molecule has 1 atom stereocenters. The molecular weight excluding hydrogens is 298 g/mol. The summed E-state index contributed by atoms with van der Waals surface area (Å²) in [6.45, 7) is 6.75. The second kappa shape index (κ2) is 6.97. The third-order valence-electron chi connectivity index (χ3n) is 4.39. The van der Waals surface area contributed by atoms with E-state index in [1.165, 1.54) is 11.1 Å². The molecule has 4 heteroatoms. The largest absolute Gasteiger partial charge is 0.309 e. The van der Waals surface area contributed by atoms with Crippen molar-refractivity contribution in [2.45, 2.75) is 39.8 Å². The predicted molar refractivity (Wildman–Crippen MR) is 98.2 cm³/mol. The number of H-pyrrole nitrogens is 1.